The van der Waals surface area contributed by atoms with Gasteiger partial charge in [0.25, 0.3) is 0 Å². The molecule has 2 aliphatic rings. The molecule has 0 aromatic heterocycles. The van der Waals surface area contributed by atoms with E-state index in [1.54, 1.807) is 12.1 Å². The summed E-state index contributed by atoms with van der Waals surface area (Å²) in [5, 5.41) is 15.0. The lowest BCUT2D eigenvalue weighted by atomic mass is 9.78. The molecule has 0 radical (unpaired) electrons. The minimum absolute atomic E-state index is 0.0717. The van der Waals surface area contributed by atoms with Gasteiger partial charge in [-0.2, -0.15) is 0 Å². The van der Waals surface area contributed by atoms with Crippen LogP contribution in [0.1, 0.15) is 24.8 Å². The van der Waals surface area contributed by atoms with Crippen molar-refractivity contribution in [3.8, 4) is 11.5 Å². The van der Waals surface area contributed by atoms with Crippen molar-refractivity contribution in [3.63, 3.8) is 0 Å². The number of rotatable bonds is 5. The van der Waals surface area contributed by atoms with Crippen LogP contribution in [0.3, 0.4) is 0 Å². The minimum Gasteiger partial charge on any atom is -0.450 e. The van der Waals surface area contributed by atoms with E-state index in [0.717, 1.165) is 31.7 Å². The highest BCUT2D eigenvalue weighted by Gasteiger charge is 2.38. The van der Waals surface area contributed by atoms with Crippen LogP contribution in [-0.2, 0) is 6.54 Å². The third kappa shape index (κ3) is 4.15. The zero-order valence-corrected chi connectivity index (χ0v) is 15.7. The molecule has 2 aliphatic heterocycles. The van der Waals surface area contributed by atoms with E-state index in [1.807, 2.05) is 6.07 Å². The lowest BCUT2D eigenvalue weighted by Crippen LogP contribution is -2.38. The maximum Gasteiger partial charge on any atom is 0.311 e. The molecule has 7 heteroatoms. The van der Waals surface area contributed by atoms with E-state index in [2.05, 4.69) is 10.2 Å². The summed E-state index contributed by atoms with van der Waals surface area (Å²) in [5.74, 6) is 0.149. The van der Waals surface area contributed by atoms with Crippen molar-refractivity contribution in [1.29, 1.82) is 0 Å². The molecule has 0 bridgehead atoms. The van der Waals surface area contributed by atoms with Crippen LogP contribution in [0.15, 0.2) is 42.5 Å². The fourth-order valence-electron chi connectivity index (χ4n) is 4.31. The average molecular weight is 385 g/mol. The Morgan fingerprint density at radius 3 is 2.61 bits per heavy atom. The molecule has 0 aliphatic carbocycles. The summed E-state index contributed by atoms with van der Waals surface area (Å²) >= 11 is 0. The number of piperidine rings is 1. The number of benzene rings is 2. The smallest absolute Gasteiger partial charge is 0.311 e. The Hall–Kier alpha value is -2.51. The van der Waals surface area contributed by atoms with Gasteiger partial charge < -0.3 is 10.1 Å². The highest BCUT2D eigenvalue weighted by molar-refractivity contribution is 5.50. The van der Waals surface area contributed by atoms with Crippen LogP contribution in [-0.4, -0.2) is 36.0 Å². The quantitative estimate of drug-likeness (QED) is 0.620. The molecule has 2 aromatic carbocycles. The first-order valence-electron chi connectivity index (χ1n) is 9.67. The second kappa shape index (κ2) is 7.85. The van der Waals surface area contributed by atoms with Gasteiger partial charge in [-0.25, -0.2) is 4.39 Å². The summed E-state index contributed by atoms with van der Waals surface area (Å²) in [4.78, 5) is 13.5. The Morgan fingerprint density at radius 2 is 1.89 bits per heavy atom. The van der Waals surface area contributed by atoms with E-state index in [0.29, 0.717) is 17.7 Å². The zero-order chi connectivity index (χ0) is 19.6. The van der Waals surface area contributed by atoms with E-state index in [-0.39, 0.29) is 17.3 Å². The molecule has 2 aromatic rings. The van der Waals surface area contributed by atoms with Gasteiger partial charge in [0, 0.05) is 19.2 Å². The molecule has 2 heterocycles. The van der Waals surface area contributed by atoms with Crippen LogP contribution < -0.4 is 10.1 Å². The number of likely N-dealkylation sites (tertiary alicyclic amines) is 1. The first kappa shape index (κ1) is 18.8. The summed E-state index contributed by atoms with van der Waals surface area (Å²) in [5.41, 5.74) is 1.24. The summed E-state index contributed by atoms with van der Waals surface area (Å²) in [7, 11) is 0. The molecule has 0 unspecified atom stereocenters. The first-order valence-corrected chi connectivity index (χ1v) is 9.67. The average Bonchev–Trinajstić information content (AvgIpc) is 3.07. The second-order valence-electron chi connectivity index (χ2n) is 7.83. The summed E-state index contributed by atoms with van der Waals surface area (Å²) < 4.78 is 18.7. The molecule has 1 spiro atoms. The van der Waals surface area contributed by atoms with Gasteiger partial charge >= 0.3 is 5.69 Å². The predicted octanol–water partition coefficient (Wildman–Crippen LogP) is 4.10. The topological polar surface area (TPSA) is 67.6 Å². The molecule has 1 N–H and O–H groups in total. The van der Waals surface area contributed by atoms with Gasteiger partial charge in [-0.15, -0.1) is 0 Å². The maximum atomic E-state index is 13.0. The van der Waals surface area contributed by atoms with Crippen LogP contribution in [0.4, 0.5) is 10.1 Å². The van der Waals surface area contributed by atoms with E-state index in [4.69, 9.17) is 4.74 Å². The van der Waals surface area contributed by atoms with Gasteiger partial charge in [-0.1, -0.05) is 6.07 Å². The van der Waals surface area contributed by atoms with Gasteiger partial charge in [0.2, 0.25) is 5.75 Å². The van der Waals surface area contributed by atoms with Crippen LogP contribution in [0, 0.1) is 21.3 Å². The molecule has 2 saturated heterocycles. The molecule has 4 rings (SSSR count). The number of ether oxygens (including phenoxy) is 1. The molecule has 28 heavy (non-hydrogen) atoms. The Bertz CT molecular complexity index is 850. The molecule has 0 saturated carbocycles. The standard InChI is InChI=1S/C21H24FN3O3/c22-17-2-4-18(5-3-17)28-20-6-1-16(13-19(20)25(26)27)14-24-12-9-21(15-24)7-10-23-11-8-21/h1-6,13,23H,7-12,14-15H2. The molecule has 0 amide bonds. The normalized spacial score (nSPS) is 19.0. The number of nitro benzene ring substituents is 1. The summed E-state index contributed by atoms with van der Waals surface area (Å²) in [6.45, 7) is 4.94. The van der Waals surface area contributed by atoms with Crippen molar-refractivity contribution < 1.29 is 14.1 Å². The molecular weight excluding hydrogens is 361 g/mol. The van der Waals surface area contributed by atoms with Gasteiger partial charge in [-0.05, 0) is 80.2 Å². The predicted molar refractivity (Wildman–Crippen MR) is 104 cm³/mol. The van der Waals surface area contributed by atoms with E-state index in [9.17, 15) is 14.5 Å². The maximum absolute atomic E-state index is 13.0. The van der Waals surface area contributed by atoms with Crippen LogP contribution in [0.5, 0.6) is 11.5 Å². The SMILES string of the molecule is O=[N+]([O-])c1cc(CN2CCC3(CCNCC3)C2)ccc1Oc1ccc(F)cc1. The van der Waals surface area contributed by atoms with Gasteiger partial charge in [0.05, 0.1) is 4.92 Å². The third-order valence-electron chi connectivity index (χ3n) is 5.85. The van der Waals surface area contributed by atoms with Crippen molar-refractivity contribution in [2.75, 3.05) is 26.2 Å². The van der Waals surface area contributed by atoms with E-state index < -0.39 is 4.92 Å². The molecule has 0 atom stereocenters. The summed E-state index contributed by atoms with van der Waals surface area (Å²) in [6, 6.07) is 10.5. The number of nitrogens with one attached hydrogen (secondary N) is 1. The van der Waals surface area contributed by atoms with Gasteiger partial charge in [-0.3, -0.25) is 15.0 Å². The van der Waals surface area contributed by atoms with Crippen LogP contribution in [0.25, 0.3) is 0 Å². The fraction of sp³-hybridized carbons (Fsp3) is 0.429. The molecule has 148 valence electrons. The number of hydrogen-bond acceptors (Lipinski definition) is 5. The van der Waals surface area contributed by atoms with Crippen molar-refractivity contribution in [2.24, 2.45) is 5.41 Å². The zero-order valence-electron chi connectivity index (χ0n) is 15.7. The fourth-order valence-corrected chi connectivity index (χ4v) is 4.31. The molecule has 6 nitrogen and oxygen atoms in total. The monoisotopic (exact) mass is 385 g/mol. The number of halogens is 1. The van der Waals surface area contributed by atoms with E-state index in [1.165, 1.54) is 43.5 Å². The first-order chi connectivity index (χ1) is 13.5. The molecular formula is C21H24FN3O3. The van der Waals surface area contributed by atoms with Crippen LogP contribution in [0.2, 0.25) is 0 Å². The Kier molecular flexibility index (Phi) is 5.28. The van der Waals surface area contributed by atoms with Crippen molar-refractivity contribution >= 4 is 5.69 Å². The Balaban J connectivity index is 1.47. The number of hydrogen-bond donors (Lipinski definition) is 1. The Labute approximate surface area is 163 Å². The van der Waals surface area contributed by atoms with E-state index >= 15 is 0 Å². The molecule has 2 fully saturated rings. The van der Waals surface area contributed by atoms with Crippen molar-refractivity contribution in [1.82, 2.24) is 10.2 Å². The highest BCUT2D eigenvalue weighted by atomic mass is 19.1. The Morgan fingerprint density at radius 1 is 1.14 bits per heavy atom. The largest absolute Gasteiger partial charge is 0.450 e. The van der Waals surface area contributed by atoms with Crippen LogP contribution >= 0.6 is 0 Å². The van der Waals surface area contributed by atoms with Crippen molar-refractivity contribution in [3.05, 3.63) is 64.0 Å². The second-order valence-corrected chi connectivity index (χ2v) is 7.83. The number of nitrogens with zero attached hydrogens (tertiary/aromatic N) is 2. The lowest BCUT2D eigenvalue weighted by Gasteiger charge is -2.33. The van der Waals surface area contributed by atoms with Gasteiger partial charge in [0.1, 0.15) is 11.6 Å². The van der Waals surface area contributed by atoms with Crippen molar-refractivity contribution in [2.45, 2.75) is 25.8 Å². The third-order valence-corrected chi connectivity index (χ3v) is 5.85. The number of nitro groups is 1. The summed E-state index contributed by atoms with van der Waals surface area (Å²) in [6.07, 6.45) is 3.60. The minimum atomic E-state index is -0.430. The van der Waals surface area contributed by atoms with Gasteiger partial charge in [0.15, 0.2) is 0 Å². The lowest BCUT2D eigenvalue weighted by molar-refractivity contribution is -0.385. The highest BCUT2D eigenvalue weighted by Crippen LogP contribution is 2.39.